The maximum atomic E-state index is 9.84. The van der Waals surface area contributed by atoms with Crippen molar-refractivity contribution in [3.8, 4) is 11.1 Å². The van der Waals surface area contributed by atoms with Crippen LogP contribution in [0.5, 0.6) is 0 Å². The molecule has 2 fully saturated rings. The van der Waals surface area contributed by atoms with Crippen LogP contribution in [0.4, 0.5) is 0 Å². The molecule has 4 rings (SSSR count). The van der Waals surface area contributed by atoms with Crippen LogP contribution in [-0.2, 0) is 17.6 Å². The van der Waals surface area contributed by atoms with Crippen molar-refractivity contribution in [2.45, 2.75) is 116 Å². The third kappa shape index (κ3) is 10.4. The predicted molar refractivity (Wildman–Crippen MR) is 176 cm³/mol. The van der Waals surface area contributed by atoms with E-state index in [9.17, 15) is 10.2 Å². The fraction of sp³-hybridized carbons (Fsp3) is 0.641. The molecule has 0 radical (unpaired) electrons. The molecule has 3 nitrogen and oxygen atoms in total. The summed E-state index contributed by atoms with van der Waals surface area (Å²) in [4.78, 5) is 0. The quantitative estimate of drug-likeness (QED) is 0.119. The third-order valence-electron chi connectivity index (χ3n) is 10.4. The zero-order valence-corrected chi connectivity index (χ0v) is 26.6. The number of hydrogen-bond donors (Lipinski definition) is 2. The van der Waals surface area contributed by atoms with Gasteiger partial charge in [-0.1, -0.05) is 101 Å². The second-order valence-corrected chi connectivity index (χ2v) is 13.8. The van der Waals surface area contributed by atoms with E-state index in [1.165, 1.54) is 112 Å². The second kappa shape index (κ2) is 17.4. The van der Waals surface area contributed by atoms with E-state index < -0.39 is 6.29 Å². The van der Waals surface area contributed by atoms with Gasteiger partial charge in [-0.05, 0) is 116 Å². The van der Waals surface area contributed by atoms with Crippen LogP contribution in [0.3, 0.4) is 0 Å². The van der Waals surface area contributed by atoms with Gasteiger partial charge in [-0.15, -0.1) is 0 Å². The zero-order valence-electron chi connectivity index (χ0n) is 26.6. The van der Waals surface area contributed by atoms with Crippen molar-refractivity contribution >= 4 is 0 Å². The van der Waals surface area contributed by atoms with Crippen molar-refractivity contribution in [2.75, 3.05) is 13.2 Å². The van der Waals surface area contributed by atoms with Gasteiger partial charge in [-0.3, -0.25) is 0 Å². The van der Waals surface area contributed by atoms with Gasteiger partial charge >= 0.3 is 0 Å². The van der Waals surface area contributed by atoms with Crippen molar-refractivity contribution in [1.82, 2.24) is 0 Å². The maximum absolute atomic E-state index is 9.84. The molecule has 2 saturated carbocycles. The average molecular weight is 575 g/mol. The normalized spacial score (nSPS) is 24.3. The third-order valence-corrected chi connectivity index (χ3v) is 10.4. The summed E-state index contributed by atoms with van der Waals surface area (Å²) in [5, 5.41) is 19.7. The minimum atomic E-state index is -0.918. The molecule has 2 aliphatic carbocycles. The molecule has 0 heterocycles. The van der Waals surface area contributed by atoms with Crippen molar-refractivity contribution in [1.29, 1.82) is 0 Å². The number of ether oxygens (including phenoxy) is 1. The largest absolute Gasteiger partial charge is 0.396 e. The van der Waals surface area contributed by atoms with Gasteiger partial charge in [0.1, 0.15) is 0 Å². The Labute approximate surface area is 256 Å². The van der Waals surface area contributed by atoms with Crippen LogP contribution in [0.15, 0.2) is 60.7 Å². The van der Waals surface area contributed by atoms with Gasteiger partial charge < -0.3 is 14.9 Å². The van der Waals surface area contributed by atoms with Crippen LogP contribution < -0.4 is 0 Å². The maximum Gasteiger partial charge on any atom is 0.176 e. The van der Waals surface area contributed by atoms with E-state index >= 15 is 0 Å². The van der Waals surface area contributed by atoms with Crippen molar-refractivity contribution < 1.29 is 14.9 Å². The number of benzene rings is 2. The first-order chi connectivity index (χ1) is 20.4. The summed E-state index contributed by atoms with van der Waals surface area (Å²) < 4.78 is 5.51. The lowest BCUT2D eigenvalue weighted by Crippen LogP contribution is -2.28. The molecule has 0 saturated heterocycles. The van der Waals surface area contributed by atoms with E-state index in [0.29, 0.717) is 18.1 Å². The molecule has 2 aromatic carbocycles. The van der Waals surface area contributed by atoms with Crippen LogP contribution in [0, 0.1) is 29.6 Å². The average Bonchev–Trinajstić information content (AvgIpc) is 3.03. The van der Waals surface area contributed by atoms with Gasteiger partial charge in [0.05, 0.1) is 6.61 Å². The highest BCUT2D eigenvalue weighted by molar-refractivity contribution is 5.64. The summed E-state index contributed by atoms with van der Waals surface area (Å²) in [5.74, 6) is 3.49. The van der Waals surface area contributed by atoms with E-state index in [4.69, 9.17) is 4.74 Å². The molecule has 2 atom stereocenters. The summed E-state index contributed by atoms with van der Waals surface area (Å²) in [7, 11) is 0. The zero-order chi connectivity index (χ0) is 29.7. The standard InChI is InChI=1S/C39H58O3/c1-4-5-6-7-30-10-18-35(19-11-30)36-20-12-31(13-21-36)8-9-32-14-22-37(23-15-32)38-24-16-33(17-25-38)26-34(27-40)28-42-39(41)29(2)3/h10-13,18-21,32-34,37-41H,2,4-9,14-17,22-28H2,1,3H3. The highest BCUT2D eigenvalue weighted by atomic mass is 16.6. The van der Waals surface area contributed by atoms with Crippen LogP contribution in [-0.4, -0.2) is 29.7 Å². The molecule has 2 aromatic rings. The molecule has 2 unspecified atom stereocenters. The van der Waals surface area contributed by atoms with Gasteiger partial charge in [-0.2, -0.15) is 0 Å². The summed E-state index contributed by atoms with van der Waals surface area (Å²) in [5.41, 5.74) is 6.21. The lowest BCUT2D eigenvalue weighted by molar-refractivity contribution is -0.0908. The predicted octanol–water partition coefficient (Wildman–Crippen LogP) is 9.54. The molecule has 0 aliphatic heterocycles. The molecular formula is C39H58O3. The minimum Gasteiger partial charge on any atom is -0.396 e. The van der Waals surface area contributed by atoms with E-state index in [0.717, 1.165) is 24.2 Å². The van der Waals surface area contributed by atoms with Gasteiger partial charge in [-0.25, -0.2) is 0 Å². The Hall–Kier alpha value is -1.94. The summed E-state index contributed by atoms with van der Waals surface area (Å²) in [6, 6.07) is 18.5. The Morgan fingerprint density at radius 1 is 0.786 bits per heavy atom. The lowest BCUT2D eigenvalue weighted by Gasteiger charge is -2.38. The Kier molecular flexibility index (Phi) is 13.6. The number of aryl methyl sites for hydroxylation is 2. The lowest BCUT2D eigenvalue weighted by atomic mass is 9.68. The second-order valence-electron chi connectivity index (χ2n) is 13.8. The molecule has 0 bridgehead atoms. The number of aliphatic hydroxyl groups is 2. The number of unbranched alkanes of at least 4 members (excludes halogenated alkanes) is 2. The monoisotopic (exact) mass is 574 g/mol. The Morgan fingerprint density at radius 3 is 1.81 bits per heavy atom. The van der Waals surface area contributed by atoms with Gasteiger partial charge in [0.15, 0.2) is 6.29 Å². The molecule has 0 aromatic heterocycles. The van der Waals surface area contributed by atoms with Gasteiger partial charge in [0, 0.05) is 12.5 Å². The first-order valence-electron chi connectivity index (χ1n) is 17.2. The van der Waals surface area contributed by atoms with Crippen LogP contribution in [0.1, 0.15) is 108 Å². The number of hydrogen-bond acceptors (Lipinski definition) is 3. The van der Waals surface area contributed by atoms with E-state index in [1.54, 1.807) is 6.92 Å². The Bertz CT molecular complexity index is 1030. The molecule has 2 aliphatic rings. The number of rotatable bonds is 16. The molecule has 232 valence electrons. The molecule has 0 spiro atoms. The molecule has 42 heavy (non-hydrogen) atoms. The van der Waals surface area contributed by atoms with Crippen molar-refractivity contribution in [3.63, 3.8) is 0 Å². The molecule has 3 heteroatoms. The molecule has 2 N–H and O–H groups in total. The van der Waals surface area contributed by atoms with Crippen molar-refractivity contribution in [2.24, 2.45) is 29.6 Å². The Balaban J connectivity index is 1.12. The first kappa shape index (κ1) is 33.0. The van der Waals surface area contributed by atoms with E-state index in [-0.39, 0.29) is 12.5 Å². The number of aliphatic hydroxyl groups excluding tert-OH is 2. The fourth-order valence-corrected chi connectivity index (χ4v) is 7.56. The highest BCUT2D eigenvalue weighted by Crippen LogP contribution is 2.43. The fourth-order valence-electron chi connectivity index (χ4n) is 7.56. The van der Waals surface area contributed by atoms with E-state index in [2.05, 4.69) is 62.0 Å². The van der Waals surface area contributed by atoms with E-state index in [1.807, 2.05) is 0 Å². The first-order valence-corrected chi connectivity index (χ1v) is 17.2. The SMILES string of the molecule is C=C(C)C(O)OCC(CO)CC1CCC(C2CCC(CCc3ccc(-c4ccc(CCCCC)cc4)cc3)CC2)CC1. The summed E-state index contributed by atoms with van der Waals surface area (Å²) in [6.45, 7) is 8.31. The Morgan fingerprint density at radius 2 is 1.31 bits per heavy atom. The highest BCUT2D eigenvalue weighted by Gasteiger charge is 2.31. The smallest absolute Gasteiger partial charge is 0.176 e. The van der Waals surface area contributed by atoms with Crippen molar-refractivity contribution in [3.05, 3.63) is 71.8 Å². The molecular weight excluding hydrogens is 516 g/mol. The van der Waals surface area contributed by atoms with Crippen LogP contribution >= 0.6 is 0 Å². The minimum absolute atomic E-state index is 0.110. The summed E-state index contributed by atoms with van der Waals surface area (Å²) >= 11 is 0. The van der Waals surface area contributed by atoms with Gasteiger partial charge in [0.2, 0.25) is 0 Å². The van der Waals surface area contributed by atoms with Crippen LogP contribution in [0.2, 0.25) is 0 Å². The van der Waals surface area contributed by atoms with Crippen LogP contribution in [0.25, 0.3) is 11.1 Å². The topological polar surface area (TPSA) is 49.7 Å². The summed E-state index contributed by atoms with van der Waals surface area (Å²) in [6.07, 6.45) is 18.6. The molecule has 0 amide bonds. The van der Waals surface area contributed by atoms with Gasteiger partial charge in [0.25, 0.3) is 0 Å².